The summed E-state index contributed by atoms with van der Waals surface area (Å²) in [6.07, 6.45) is 1.64. The fraction of sp³-hybridized carbons (Fsp3) is 0.228. The average Bonchev–Trinajstić information content (AvgIpc) is 1.86. The summed E-state index contributed by atoms with van der Waals surface area (Å²) in [5.41, 5.74) is 23.1. The van der Waals surface area contributed by atoms with Crippen molar-refractivity contribution in [2.45, 2.75) is 128 Å². The molecule has 20 nitrogen and oxygen atoms in total. The SMILES string of the molecule is COC(=O)c1ccc(-c2nc(C)co2)cc1.COCc1ccc(-c2ccc(C)o2)cc1.Cc1ccc(-c2ccc(CN(C)C)cc2)o1.Cc1ccc(-c2ccc(CN)cc2)o1.Cc1ccc(-c2ccc(CNC(=O)OC(C)(C)C)cc2)o1.Cc1ccc(-c2nc(C)co2)cc1.Cc1ccc(-c2nc(C)co2)cc1.Cc1coc(-c2ccc(C(F)(F)F)cc2)n1. The molecule has 644 valence electrons. The van der Waals surface area contributed by atoms with Gasteiger partial charge in [-0.05, 0) is 248 Å². The minimum absolute atomic E-state index is 0.325. The number of ether oxygens (including phenoxy) is 3. The third-order valence-electron chi connectivity index (χ3n) is 17.9. The van der Waals surface area contributed by atoms with Crippen molar-refractivity contribution in [1.29, 1.82) is 0 Å². The first-order valence-corrected chi connectivity index (χ1v) is 39.9. The summed E-state index contributed by atoms with van der Waals surface area (Å²) < 4.78 is 94.8. The number of nitrogens with one attached hydrogen (secondary N) is 1. The molecule has 8 aromatic carbocycles. The number of aromatic nitrogens is 4. The number of oxazole rings is 4. The highest BCUT2D eigenvalue weighted by atomic mass is 19.4. The lowest BCUT2D eigenvalue weighted by Gasteiger charge is -2.19. The van der Waals surface area contributed by atoms with E-state index >= 15 is 0 Å². The molecule has 124 heavy (non-hydrogen) atoms. The van der Waals surface area contributed by atoms with E-state index in [-0.39, 0.29) is 5.97 Å². The summed E-state index contributed by atoms with van der Waals surface area (Å²) in [6.45, 7) is 27.5. The zero-order valence-corrected chi connectivity index (χ0v) is 73.0. The summed E-state index contributed by atoms with van der Waals surface area (Å²) in [5.74, 6) is 9.22. The van der Waals surface area contributed by atoms with Crippen molar-refractivity contribution in [2.75, 3.05) is 28.3 Å². The standard InChI is InChI=1S/C17H21NO3.C14H17NO.C13H14O2.C12H11NO3.C12H13NO.C11H8F3NO.2C11H11NO/c1-12-5-10-15(20-12)14-8-6-13(7-9-14)11-18-16(19)21-17(2,3)4;1-11-4-9-14(16-11)13-7-5-12(6-8-13)10-15(2)3;1-10-3-8-13(15-10)12-6-4-11(5-7-12)9-14-2;1-8-7-16-11(13-8)9-3-5-10(6-4-9)12(14)15-2;1-9-2-7-12(14-9)11-5-3-10(8-13)4-6-11;1-7-6-16-10(15-7)8-2-4-9(5-3-8)11(12,13)14;2*1-8-3-5-10(6-4-8)11-12-9(2)7-13-11/h5-10H,11H2,1-4H3,(H,18,19);4-9H,10H2,1-3H3;3-8H,9H2,1-2H3;3-7H,1-2H3;2-7H,8,13H2,1H3;2-6H,1H3;2*3-7H,1-2H3. The zero-order valence-electron chi connectivity index (χ0n) is 73.0. The number of alkyl carbamates (subject to hydrolysis) is 1. The number of hydrogen-bond acceptors (Lipinski definition) is 19. The van der Waals surface area contributed by atoms with Crippen LogP contribution in [0.1, 0.15) is 116 Å². The topological polar surface area (TPSA) is 260 Å². The van der Waals surface area contributed by atoms with Crippen molar-refractivity contribution in [1.82, 2.24) is 30.2 Å². The van der Waals surface area contributed by atoms with E-state index in [0.717, 1.165) is 132 Å². The second-order valence-corrected chi connectivity index (χ2v) is 30.2. The Morgan fingerprint density at radius 2 is 0.685 bits per heavy atom. The first-order chi connectivity index (χ1) is 59.2. The molecule has 0 unspecified atom stereocenters. The Morgan fingerprint density at radius 3 is 0.952 bits per heavy atom. The van der Waals surface area contributed by atoms with Crippen LogP contribution in [0.3, 0.4) is 0 Å². The number of carbonyl (C=O) groups is 2. The van der Waals surface area contributed by atoms with Crippen molar-refractivity contribution >= 4 is 12.1 Å². The van der Waals surface area contributed by atoms with Gasteiger partial charge in [0.15, 0.2) is 0 Å². The number of amides is 1. The Bertz CT molecular complexity index is 5780. The van der Waals surface area contributed by atoms with Crippen LogP contribution < -0.4 is 11.1 Å². The lowest BCUT2D eigenvalue weighted by molar-refractivity contribution is -0.137. The number of methoxy groups -OCH3 is 2. The van der Waals surface area contributed by atoms with Gasteiger partial charge in [0, 0.05) is 71.3 Å². The molecule has 1 amide bonds. The Balaban J connectivity index is 0.000000161. The first-order valence-electron chi connectivity index (χ1n) is 39.9. The minimum Gasteiger partial charge on any atom is -0.465 e. The lowest BCUT2D eigenvalue weighted by Crippen LogP contribution is -2.32. The molecule has 0 aliphatic carbocycles. The van der Waals surface area contributed by atoms with Gasteiger partial charge < -0.3 is 65.5 Å². The van der Waals surface area contributed by atoms with Gasteiger partial charge in [-0.3, -0.25) is 0 Å². The monoisotopic (exact) mass is 1680 g/mol. The average molecular weight is 1680 g/mol. The molecule has 0 saturated heterocycles. The summed E-state index contributed by atoms with van der Waals surface area (Å²) in [4.78, 5) is 41.6. The smallest absolute Gasteiger partial charge is 0.416 e. The second kappa shape index (κ2) is 45.7. The second-order valence-electron chi connectivity index (χ2n) is 30.2. The van der Waals surface area contributed by atoms with Crippen LogP contribution in [-0.4, -0.2) is 70.8 Å². The van der Waals surface area contributed by atoms with Crippen LogP contribution in [0.2, 0.25) is 0 Å². The largest absolute Gasteiger partial charge is 0.465 e. The number of furan rings is 4. The van der Waals surface area contributed by atoms with Crippen molar-refractivity contribution in [2.24, 2.45) is 5.73 Å². The minimum atomic E-state index is -4.31. The van der Waals surface area contributed by atoms with Crippen LogP contribution in [0.25, 0.3) is 91.1 Å². The molecule has 8 heterocycles. The highest BCUT2D eigenvalue weighted by Gasteiger charge is 2.30. The fourth-order valence-corrected chi connectivity index (χ4v) is 11.5. The molecule has 0 atom stereocenters. The van der Waals surface area contributed by atoms with Gasteiger partial charge >= 0.3 is 18.2 Å². The van der Waals surface area contributed by atoms with E-state index in [1.54, 1.807) is 57.1 Å². The number of hydrogen-bond donors (Lipinski definition) is 2. The molecule has 0 spiro atoms. The van der Waals surface area contributed by atoms with Crippen LogP contribution >= 0.6 is 0 Å². The Labute approximate surface area is 721 Å². The normalized spacial score (nSPS) is 10.8. The molecule has 0 fully saturated rings. The van der Waals surface area contributed by atoms with Crippen molar-refractivity contribution < 1.29 is 72.3 Å². The quantitative estimate of drug-likeness (QED) is 0.0852. The van der Waals surface area contributed by atoms with Gasteiger partial charge in [0.25, 0.3) is 0 Å². The van der Waals surface area contributed by atoms with Gasteiger partial charge in [0.1, 0.15) is 76.7 Å². The first kappa shape index (κ1) is 94.0. The van der Waals surface area contributed by atoms with E-state index in [9.17, 15) is 22.8 Å². The van der Waals surface area contributed by atoms with E-state index in [4.69, 9.17) is 50.5 Å². The number of nitrogens with zero attached hydrogens (tertiary/aromatic N) is 5. The van der Waals surface area contributed by atoms with Crippen molar-refractivity contribution in [3.8, 4) is 91.1 Å². The van der Waals surface area contributed by atoms with E-state index in [1.807, 2.05) is 203 Å². The number of aryl methyl sites for hydroxylation is 10. The summed E-state index contributed by atoms with van der Waals surface area (Å²) in [6, 6.07) is 76.3. The Morgan fingerprint density at radius 1 is 0.387 bits per heavy atom. The predicted molar refractivity (Wildman–Crippen MR) is 477 cm³/mol. The maximum Gasteiger partial charge on any atom is 0.416 e. The van der Waals surface area contributed by atoms with Gasteiger partial charge in [-0.25, -0.2) is 29.5 Å². The highest BCUT2D eigenvalue weighted by molar-refractivity contribution is 5.89. The van der Waals surface area contributed by atoms with Crippen LogP contribution in [0.5, 0.6) is 0 Å². The molecule has 0 bridgehead atoms. The van der Waals surface area contributed by atoms with Gasteiger partial charge in [-0.15, -0.1) is 0 Å². The lowest BCUT2D eigenvalue weighted by atomic mass is 10.1. The third kappa shape index (κ3) is 30.7. The van der Waals surface area contributed by atoms with Crippen LogP contribution in [0.15, 0.2) is 303 Å². The van der Waals surface area contributed by atoms with E-state index < -0.39 is 23.4 Å². The molecule has 23 heteroatoms. The summed E-state index contributed by atoms with van der Waals surface area (Å²) in [5, 5.41) is 2.73. The maximum atomic E-state index is 12.3. The van der Waals surface area contributed by atoms with E-state index in [1.165, 1.54) is 47.8 Å². The van der Waals surface area contributed by atoms with Crippen molar-refractivity contribution in [3.63, 3.8) is 0 Å². The van der Waals surface area contributed by atoms with Gasteiger partial charge in [0.05, 0.1) is 47.6 Å². The van der Waals surface area contributed by atoms with Crippen LogP contribution in [0.4, 0.5) is 18.0 Å². The number of carbonyl (C=O) groups excluding carboxylic acids is 2. The Kier molecular flexibility index (Phi) is 34.6. The molecule has 0 aliphatic rings. The van der Waals surface area contributed by atoms with Crippen molar-refractivity contribution in [3.05, 3.63) is 358 Å². The molecule has 0 saturated carbocycles. The van der Waals surface area contributed by atoms with E-state index in [0.29, 0.717) is 60.1 Å². The van der Waals surface area contributed by atoms with Crippen LogP contribution in [0, 0.1) is 69.2 Å². The molecule has 0 aliphatic heterocycles. The van der Waals surface area contributed by atoms with Crippen LogP contribution in [-0.2, 0) is 46.6 Å². The number of rotatable bonds is 16. The Hall–Kier alpha value is -13.9. The van der Waals surface area contributed by atoms with E-state index in [2.05, 4.69) is 123 Å². The number of esters is 1. The molecule has 3 N–H and O–H groups in total. The highest BCUT2D eigenvalue weighted by Crippen LogP contribution is 2.32. The molecular formula is C101H106F3N7O13. The third-order valence-corrected chi connectivity index (χ3v) is 17.9. The summed E-state index contributed by atoms with van der Waals surface area (Å²) in [7, 11) is 7.20. The maximum absolute atomic E-state index is 12.3. The number of halogens is 3. The molecule has 16 aromatic rings. The van der Waals surface area contributed by atoms with Gasteiger partial charge in [0.2, 0.25) is 23.6 Å². The fourth-order valence-electron chi connectivity index (χ4n) is 11.5. The number of nitrogens with two attached hydrogens (primary N) is 1. The van der Waals surface area contributed by atoms with Gasteiger partial charge in [-0.2, -0.15) is 13.2 Å². The predicted octanol–water partition coefficient (Wildman–Crippen LogP) is 25.7. The van der Waals surface area contributed by atoms with Gasteiger partial charge in [-0.1, -0.05) is 132 Å². The summed E-state index contributed by atoms with van der Waals surface area (Å²) >= 11 is 0. The molecule has 16 rings (SSSR count). The number of alkyl halides is 3. The molecule has 0 radical (unpaired) electrons. The zero-order chi connectivity index (χ0) is 89.5. The number of benzene rings is 8. The molecular weight excluding hydrogens is 1580 g/mol. The molecule has 8 aromatic heterocycles.